The van der Waals surface area contributed by atoms with Crippen LogP contribution in [0.1, 0.15) is 46.1 Å². The summed E-state index contributed by atoms with van der Waals surface area (Å²) in [6, 6.07) is 14.7. The second-order valence-corrected chi connectivity index (χ2v) is 9.08. The lowest BCUT2D eigenvalue weighted by atomic mass is 9.99. The predicted octanol–water partition coefficient (Wildman–Crippen LogP) is 5.42. The number of aryl methyl sites for hydroxylation is 1. The van der Waals surface area contributed by atoms with Crippen molar-refractivity contribution in [3.63, 3.8) is 0 Å². The van der Waals surface area contributed by atoms with Crippen LogP contribution in [0.3, 0.4) is 0 Å². The molecule has 0 aliphatic carbocycles. The highest BCUT2D eigenvalue weighted by molar-refractivity contribution is 7.13. The zero-order valence-corrected chi connectivity index (χ0v) is 19.2. The molecule has 9 heteroatoms. The Balaban J connectivity index is 1.40. The summed E-state index contributed by atoms with van der Waals surface area (Å²) in [5, 5.41) is 15.8. The van der Waals surface area contributed by atoms with E-state index in [9.17, 15) is 9.59 Å². The molecule has 1 fully saturated rings. The zero-order valence-electron chi connectivity index (χ0n) is 17.7. The SMILES string of the molecule is CCc1ccccc1NC(=O)N1CCCC(c2nnc(C(=O)Nc3cccc(Cl)c3)s2)C1. The molecule has 2 heterocycles. The van der Waals surface area contributed by atoms with Crippen molar-refractivity contribution in [2.24, 2.45) is 0 Å². The molecule has 1 atom stereocenters. The minimum Gasteiger partial charge on any atom is -0.324 e. The van der Waals surface area contributed by atoms with Crippen molar-refractivity contribution in [3.8, 4) is 0 Å². The van der Waals surface area contributed by atoms with E-state index in [0.29, 0.717) is 28.8 Å². The average molecular weight is 470 g/mol. The number of urea groups is 1. The van der Waals surface area contributed by atoms with E-state index in [-0.39, 0.29) is 17.9 Å². The van der Waals surface area contributed by atoms with Gasteiger partial charge in [0.2, 0.25) is 5.01 Å². The first-order valence-electron chi connectivity index (χ1n) is 10.6. The molecule has 4 rings (SSSR count). The van der Waals surface area contributed by atoms with Gasteiger partial charge in [-0.15, -0.1) is 10.2 Å². The lowest BCUT2D eigenvalue weighted by molar-refractivity contribution is 0.102. The normalized spacial score (nSPS) is 15.9. The Bertz CT molecular complexity index is 1120. The molecular formula is C23H24ClN5O2S. The molecule has 1 unspecified atom stereocenters. The molecule has 1 aliphatic heterocycles. The van der Waals surface area contributed by atoms with E-state index >= 15 is 0 Å². The molecular weight excluding hydrogens is 446 g/mol. The molecule has 1 saturated heterocycles. The average Bonchev–Trinajstić information content (AvgIpc) is 3.30. The number of piperidine rings is 1. The van der Waals surface area contributed by atoms with Gasteiger partial charge in [-0.05, 0) is 49.1 Å². The Kier molecular flexibility index (Phi) is 7.02. The highest BCUT2D eigenvalue weighted by atomic mass is 35.5. The maximum Gasteiger partial charge on any atom is 0.321 e. The molecule has 3 amide bonds. The fourth-order valence-electron chi connectivity index (χ4n) is 3.75. The smallest absolute Gasteiger partial charge is 0.321 e. The van der Waals surface area contributed by atoms with E-state index in [4.69, 9.17) is 11.6 Å². The van der Waals surface area contributed by atoms with Crippen molar-refractivity contribution >= 4 is 46.3 Å². The third-order valence-electron chi connectivity index (χ3n) is 5.42. The van der Waals surface area contributed by atoms with Crippen LogP contribution < -0.4 is 10.6 Å². The molecule has 0 spiro atoms. The topological polar surface area (TPSA) is 87.2 Å². The van der Waals surface area contributed by atoms with Crippen LogP contribution in [0.25, 0.3) is 0 Å². The number of benzene rings is 2. The molecule has 32 heavy (non-hydrogen) atoms. The highest BCUT2D eigenvalue weighted by Crippen LogP contribution is 2.30. The lowest BCUT2D eigenvalue weighted by Crippen LogP contribution is -2.41. The van der Waals surface area contributed by atoms with Gasteiger partial charge in [-0.3, -0.25) is 4.79 Å². The van der Waals surface area contributed by atoms with Crippen molar-refractivity contribution in [3.05, 3.63) is 69.1 Å². The van der Waals surface area contributed by atoms with E-state index in [1.807, 2.05) is 29.2 Å². The molecule has 1 aliphatic rings. The monoisotopic (exact) mass is 469 g/mol. The Morgan fingerprint density at radius 3 is 2.81 bits per heavy atom. The van der Waals surface area contributed by atoms with Crippen LogP contribution >= 0.6 is 22.9 Å². The minimum absolute atomic E-state index is 0.0566. The van der Waals surface area contributed by atoms with Gasteiger partial charge in [0.1, 0.15) is 5.01 Å². The van der Waals surface area contributed by atoms with Crippen molar-refractivity contribution in [1.82, 2.24) is 15.1 Å². The van der Waals surface area contributed by atoms with Gasteiger partial charge in [0, 0.05) is 35.4 Å². The van der Waals surface area contributed by atoms with Crippen LogP contribution in [0.4, 0.5) is 16.2 Å². The van der Waals surface area contributed by atoms with Crippen LogP contribution in [0.2, 0.25) is 5.02 Å². The number of amides is 3. The zero-order chi connectivity index (χ0) is 22.5. The molecule has 7 nitrogen and oxygen atoms in total. The Hall–Kier alpha value is -2.97. The fourth-order valence-corrected chi connectivity index (χ4v) is 4.80. The molecule has 2 N–H and O–H groups in total. The summed E-state index contributed by atoms with van der Waals surface area (Å²) in [4.78, 5) is 27.2. The Morgan fingerprint density at radius 1 is 1.16 bits per heavy atom. The standard InChI is InChI=1S/C23H24ClN5O2S/c1-2-15-7-3-4-11-19(15)26-23(31)29-12-6-8-16(14-29)21-27-28-22(32-21)20(30)25-18-10-5-9-17(24)13-18/h3-5,7,9-11,13,16H,2,6,8,12,14H2,1H3,(H,25,30)(H,26,31). The number of likely N-dealkylation sites (tertiary alicyclic amines) is 1. The van der Waals surface area contributed by atoms with Gasteiger partial charge in [0.05, 0.1) is 0 Å². The van der Waals surface area contributed by atoms with Gasteiger partial charge < -0.3 is 15.5 Å². The number of para-hydroxylation sites is 1. The van der Waals surface area contributed by atoms with Crippen molar-refractivity contribution in [1.29, 1.82) is 0 Å². The highest BCUT2D eigenvalue weighted by Gasteiger charge is 2.28. The van der Waals surface area contributed by atoms with Crippen LogP contribution in [0.5, 0.6) is 0 Å². The molecule has 0 radical (unpaired) electrons. The molecule has 0 saturated carbocycles. The first-order chi connectivity index (χ1) is 15.5. The number of nitrogens with zero attached hydrogens (tertiary/aromatic N) is 3. The van der Waals surface area contributed by atoms with Gasteiger partial charge in [0.25, 0.3) is 5.91 Å². The summed E-state index contributed by atoms with van der Waals surface area (Å²) >= 11 is 7.24. The van der Waals surface area contributed by atoms with E-state index in [0.717, 1.165) is 35.5 Å². The summed E-state index contributed by atoms with van der Waals surface area (Å²) in [5.74, 6) is -0.265. The number of nitrogens with one attached hydrogen (secondary N) is 2. The maximum absolute atomic E-state index is 12.9. The lowest BCUT2D eigenvalue weighted by Gasteiger charge is -2.31. The van der Waals surface area contributed by atoms with Crippen LogP contribution in [-0.2, 0) is 6.42 Å². The minimum atomic E-state index is -0.322. The van der Waals surface area contributed by atoms with E-state index in [1.165, 1.54) is 11.3 Å². The Labute approximate surface area is 195 Å². The molecule has 166 valence electrons. The number of carbonyl (C=O) groups excluding carboxylic acids is 2. The van der Waals surface area contributed by atoms with Crippen molar-refractivity contribution in [2.45, 2.75) is 32.1 Å². The summed E-state index contributed by atoms with van der Waals surface area (Å²) < 4.78 is 0. The van der Waals surface area contributed by atoms with Gasteiger partial charge >= 0.3 is 6.03 Å². The fraction of sp³-hybridized carbons (Fsp3) is 0.304. The van der Waals surface area contributed by atoms with Gasteiger partial charge in [-0.2, -0.15) is 0 Å². The summed E-state index contributed by atoms with van der Waals surface area (Å²) in [6.45, 7) is 3.31. The largest absolute Gasteiger partial charge is 0.324 e. The van der Waals surface area contributed by atoms with Crippen molar-refractivity contribution < 1.29 is 9.59 Å². The number of rotatable bonds is 5. The van der Waals surface area contributed by atoms with Gasteiger partial charge in [0.15, 0.2) is 0 Å². The number of aromatic nitrogens is 2. The number of hydrogen-bond donors (Lipinski definition) is 2. The van der Waals surface area contributed by atoms with Crippen LogP contribution in [0, 0.1) is 0 Å². The Morgan fingerprint density at radius 2 is 2.00 bits per heavy atom. The van der Waals surface area contributed by atoms with Crippen molar-refractivity contribution in [2.75, 3.05) is 23.7 Å². The number of carbonyl (C=O) groups is 2. The first kappa shape index (κ1) is 22.2. The number of anilines is 2. The predicted molar refractivity (Wildman–Crippen MR) is 128 cm³/mol. The van der Waals surface area contributed by atoms with E-state index < -0.39 is 0 Å². The molecule has 0 bridgehead atoms. The first-order valence-corrected chi connectivity index (χ1v) is 11.8. The summed E-state index contributed by atoms with van der Waals surface area (Å²) in [5.41, 5.74) is 2.55. The summed E-state index contributed by atoms with van der Waals surface area (Å²) in [7, 11) is 0. The second kappa shape index (κ2) is 10.1. The maximum atomic E-state index is 12.9. The van der Waals surface area contributed by atoms with Gasteiger partial charge in [-0.1, -0.05) is 54.1 Å². The number of hydrogen-bond acceptors (Lipinski definition) is 5. The molecule has 2 aromatic carbocycles. The molecule has 1 aromatic heterocycles. The van der Waals surface area contributed by atoms with Crippen LogP contribution in [0.15, 0.2) is 48.5 Å². The third kappa shape index (κ3) is 5.26. The number of halogens is 1. The molecule has 3 aromatic rings. The van der Waals surface area contributed by atoms with E-state index in [2.05, 4.69) is 27.8 Å². The van der Waals surface area contributed by atoms with E-state index in [1.54, 1.807) is 24.3 Å². The quantitative estimate of drug-likeness (QED) is 0.522. The second-order valence-electron chi connectivity index (χ2n) is 7.64. The van der Waals surface area contributed by atoms with Gasteiger partial charge in [-0.25, -0.2) is 4.79 Å². The third-order valence-corrected chi connectivity index (χ3v) is 6.73. The van der Waals surface area contributed by atoms with Crippen LogP contribution in [-0.4, -0.2) is 40.1 Å². The summed E-state index contributed by atoms with van der Waals surface area (Å²) in [6.07, 6.45) is 2.63.